The minimum atomic E-state index is -0.210. The molecule has 0 radical (unpaired) electrons. The highest BCUT2D eigenvalue weighted by molar-refractivity contribution is 5.86. The van der Waals surface area contributed by atoms with E-state index < -0.39 is 0 Å². The van der Waals surface area contributed by atoms with E-state index in [2.05, 4.69) is 42.5 Å². The Labute approximate surface area is 115 Å². The number of aryl methyl sites for hydroxylation is 1. The van der Waals surface area contributed by atoms with Gasteiger partial charge in [-0.3, -0.25) is 4.79 Å². The molecule has 2 rings (SSSR count). The van der Waals surface area contributed by atoms with Crippen molar-refractivity contribution in [3.63, 3.8) is 0 Å². The van der Waals surface area contributed by atoms with Crippen LogP contribution in [0.1, 0.15) is 39.2 Å². The smallest absolute Gasteiger partial charge is 0.138 e. The van der Waals surface area contributed by atoms with Crippen LogP contribution < -0.4 is 0 Å². The average Bonchev–Trinajstić information content (AvgIpc) is 2.38. The SMILES string of the molecule is CC(C)(C)C(=O)CCCc1cccc2ccccc12. The van der Waals surface area contributed by atoms with E-state index in [4.69, 9.17) is 0 Å². The lowest BCUT2D eigenvalue weighted by molar-refractivity contribution is -0.126. The van der Waals surface area contributed by atoms with E-state index in [0.29, 0.717) is 12.2 Å². The van der Waals surface area contributed by atoms with Crippen molar-refractivity contribution in [1.82, 2.24) is 0 Å². The summed E-state index contributed by atoms with van der Waals surface area (Å²) < 4.78 is 0. The first-order valence-electron chi connectivity index (χ1n) is 6.98. The molecule has 19 heavy (non-hydrogen) atoms. The summed E-state index contributed by atoms with van der Waals surface area (Å²) in [6, 6.07) is 14.9. The molecule has 0 fully saturated rings. The van der Waals surface area contributed by atoms with Crippen molar-refractivity contribution in [2.45, 2.75) is 40.0 Å². The molecule has 1 nitrogen and oxygen atoms in total. The number of carbonyl (C=O) groups excluding carboxylic acids is 1. The molecular formula is C18H22O. The zero-order valence-corrected chi connectivity index (χ0v) is 12.1. The van der Waals surface area contributed by atoms with E-state index in [1.54, 1.807) is 0 Å². The van der Waals surface area contributed by atoms with Gasteiger partial charge in [0.15, 0.2) is 0 Å². The van der Waals surface area contributed by atoms with Crippen LogP contribution in [0.4, 0.5) is 0 Å². The van der Waals surface area contributed by atoms with Crippen LogP contribution in [0, 0.1) is 5.41 Å². The summed E-state index contributed by atoms with van der Waals surface area (Å²) in [5.74, 6) is 0.354. The van der Waals surface area contributed by atoms with Gasteiger partial charge in [-0.25, -0.2) is 0 Å². The van der Waals surface area contributed by atoms with Crippen molar-refractivity contribution >= 4 is 16.6 Å². The lowest BCUT2D eigenvalue weighted by Gasteiger charge is -2.16. The van der Waals surface area contributed by atoms with Crippen LogP contribution in [0.2, 0.25) is 0 Å². The Kier molecular flexibility index (Phi) is 4.04. The number of fused-ring (bicyclic) bond motifs is 1. The van der Waals surface area contributed by atoms with Gasteiger partial charge in [0.2, 0.25) is 0 Å². The van der Waals surface area contributed by atoms with Gasteiger partial charge in [-0.1, -0.05) is 63.2 Å². The molecule has 0 aliphatic heterocycles. The third kappa shape index (κ3) is 3.44. The van der Waals surface area contributed by atoms with Gasteiger partial charge in [-0.05, 0) is 29.2 Å². The minimum absolute atomic E-state index is 0.210. The molecule has 2 aromatic rings. The summed E-state index contributed by atoms with van der Waals surface area (Å²) in [5.41, 5.74) is 1.14. The van der Waals surface area contributed by atoms with E-state index >= 15 is 0 Å². The van der Waals surface area contributed by atoms with Gasteiger partial charge in [0, 0.05) is 11.8 Å². The molecule has 2 aromatic carbocycles. The fourth-order valence-electron chi connectivity index (χ4n) is 2.32. The van der Waals surface area contributed by atoms with Gasteiger partial charge in [0.25, 0.3) is 0 Å². The number of Topliss-reactive ketones (excluding diaryl/α,β-unsaturated/α-hetero) is 1. The van der Waals surface area contributed by atoms with Crippen molar-refractivity contribution in [1.29, 1.82) is 0 Å². The average molecular weight is 254 g/mol. The van der Waals surface area contributed by atoms with Gasteiger partial charge in [-0.15, -0.1) is 0 Å². The Morgan fingerprint density at radius 3 is 2.42 bits per heavy atom. The molecule has 0 saturated heterocycles. The Morgan fingerprint density at radius 1 is 1.00 bits per heavy atom. The van der Waals surface area contributed by atoms with Gasteiger partial charge in [0.05, 0.1) is 0 Å². The number of rotatable bonds is 4. The maximum atomic E-state index is 11.9. The number of hydrogen-bond donors (Lipinski definition) is 0. The Morgan fingerprint density at radius 2 is 1.68 bits per heavy atom. The van der Waals surface area contributed by atoms with Crippen molar-refractivity contribution in [3.05, 3.63) is 48.0 Å². The predicted molar refractivity (Wildman–Crippen MR) is 81.3 cm³/mol. The highest BCUT2D eigenvalue weighted by Gasteiger charge is 2.20. The molecule has 0 aliphatic rings. The first-order chi connectivity index (χ1) is 8.98. The van der Waals surface area contributed by atoms with Crippen LogP contribution >= 0.6 is 0 Å². The molecule has 0 bridgehead atoms. The van der Waals surface area contributed by atoms with E-state index in [-0.39, 0.29) is 5.41 Å². The summed E-state index contributed by atoms with van der Waals surface area (Å²) in [6.07, 6.45) is 2.58. The first-order valence-corrected chi connectivity index (χ1v) is 6.98. The predicted octanol–water partition coefficient (Wildman–Crippen LogP) is 4.78. The van der Waals surface area contributed by atoms with Crippen LogP contribution in [-0.4, -0.2) is 5.78 Å². The summed E-state index contributed by atoms with van der Waals surface area (Å²) in [6.45, 7) is 5.98. The molecule has 0 N–H and O–H groups in total. The number of hydrogen-bond acceptors (Lipinski definition) is 1. The van der Waals surface area contributed by atoms with Gasteiger partial charge in [-0.2, -0.15) is 0 Å². The largest absolute Gasteiger partial charge is 0.299 e. The topological polar surface area (TPSA) is 17.1 Å². The quantitative estimate of drug-likeness (QED) is 0.767. The Bertz CT molecular complexity index is 570. The molecule has 1 heteroatoms. The molecule has 0 saturated carbocycles. The van der Waals surface area contributed by atoms with Crippen molar-refractivity contribution in [2.24, 2.45) is 5.41 Å². The van der Waals surface area contributed by atoms with E-state index in [0.717, 1.165) is 12.8 Å². The maximum Gasteiger partial charge on any atom is 0.138 e. The highest BCUT2D eigenvalue weighted by atomic mass is 16.1. The molecule has 0 heterocycles. The van der Waals surface area contributed by atoms with E-state index in [9.17, 15) is 4.79 Å². The van der Waals surface area contributed by atoms with Crippen molar-refractivity contribution in [2.75, 3.05) is 0 Å². The van der Waals surface area contributed by atoms with E-state index in [1.807, 2.05) is 20.8 Å². The summed E-state index contributed by atoms with van der Waals surface area (Å²) in [4.78, 5) is 11.9. The van der Waals surface area contributed by atoms with Crippen molar-refractivity contribution < 1.29 is 4.79 Å². The second-order valence-electron chi connectivity index (χ2n) is 6.17. The van der Waals surface area contributed by atoms with Crippen LogP contribution in [0.25, 0.3) is 10.8 Å². The summed E-state index contributed by atoms with van der Waals surface area (Å²) >= 11 is 0. The molecule has 0 spiro atoms. The molecule has 0 aliphatic carbocycles. The zero-order chi connectivity index (χ0) is 13.9. The third-order valence-corrected chi connectivity index (χ3v) is 3.57. The summed E-state index contributed by atoms with van der Waals surface area (Å²) in [7, 11) is 0. The highest BCUT2D eigenvalue weighted by Crippen LogP contribution is 2.22. The molecular weight excluding hydrogens is 232 g/mol. The number of ketones is 1. The van der Waals surface area contributed by atoms with Gasteiger partial charge >= 0.3 is 0 Å². The third-order valence-electron chi connectivity index (χ3n) is 3.57. The number of benzene rings is 2. The lowest BCUT2D eigenvalue weighted by atomic mass is 9.87. The maximum absolute atomic E-state index is 11.9. The first kappa shape index (κ1) is 13.8. The van der Waals surface area contributed by atoms with Gasteiger partial charge in [0.1, 0.15) is 5.78 Å². The van der Waals surface area contributed by atoms with Crippen molar-refractivity contribution in [3.8, 4) is 0 Å². The molecule has 0 atom stereocenters. The zero-order valence-electron chi connectivity index (χ0n) is 12.1. The molecule has 0 aromatic heterocycles. The fraction of sp³-hybridized carbons (Fsp3) is 0.389. The van der Waals surface area contributed by atoms with E-state index in [1.165, 1.54) is 16.3 Å². The van der Waals surface area contributed by atoms with Gasteiger partial charge < -0.3 is 0 Å². The number of carbonyl (C=O) groups is 1. The van der Waals surface area contributed by atoms with Crippen LogP contribution in [0.5, 0.6) is 0 Å². The lowest BCUT2D eigenvalue weighted by Crippen LogP contribution is -2.19. The van der Waals surface area contributed by atoms with Crippen LogP contribution in [-0.2, 0) is 11.2 Å². The normalized spacial score (nSPS) is 11.7. The fourth-order valence-corrected chi connectivity index (χ4v) is 2.32. The summed E-state index contributed by atoms with van der Waals surface area (Å²) in [5, 5.41) is 2.59. The molecule has 100 valence electrons. The molecule has 0 unspecified atom stereocenters. The monoisotopic (exact) mass is 254 g/mol. The second-order valence-corrected chi connectivity index (χ2v) is 6.17. The Hall–Kier alpha value is -1.63. The van der Waals surface area contributed by atoms with Crippen LogP contribution in [0.3, 0.4) is 0 Å². The van der Waals surface area contributed by atoms with Crippen LogP contribution in [0.15, 0.2) is 42.5 Å². The molecule has 0 amide bonds. The second kappa shape index (κ2) is 5.56. The Balaban J connectivity index is 2.05. The minimum Gasteiger partial charge on any atom is -0.299 e. The standard InChI is InChI=1S/C18H22O/c1-18(2,3)17(19)13-7-11-15-10-6-9-14-8-4-5-12-16(14)15/h4-6,8-10,12H,7,11,13H2,1-3H3.